The van der Waals surface area contributed by atoms with Crippen LogP contribution in [-0.4, -0.2) is 212 Å². The zero-order valence-corrected chi connectivity index (χ0v) is 45.5. The number of carboxylic acids is 3. The zero-order valence-electron chi connectivity index (χ0n) is 45.5. The Balaban J connectivity index is 2.32. The van der Waals surface area contributed by atoms with Gasteiger partial charge in [-0.25, -0.2) is 4.79 Å². The van der Waals surface area contributed by atoms with E-state index in [1.54, 1.807) is 13.8 Å². The van der Waals surface area contributed by atoms with Gasteiger partial charge in [0.15, 0.2) is 6.04 Å². The number of nitrogens with zero attached hydrogens (tertiary/aromatic N) is 2. The minimum absolute atomic E-state index is 0.0166. The number of carbonyl (C=O) groups is 13. The molecule has 0 unspecified atom stereocenters. The van der Waals surface area contributed by atoms with Gasteiger partial charge in [0.1, 0.15) is 48.3 Å². The molecule has 0 spiro atoms. The molecule has 10 amide bonds. The maximum absolute atomic E-state index is 14.4. The smallest absolute Gasteiger partial charge is 0.328 e. The highest BCUT2D eigenvalue weighted by atomic mass is 16.4. The summed E-state index contributed by atoms with van der Waals surface area (Å²) < 4.78 is 0. The number of hydrogen-bond acceptors (Lipinski definition) is 18. The third-order valence-electron chi connectivity index (χ3n) is 13.3. The number of amides is 10. The molecule has 0 aromatic heterocycles. The molecular formula is C49H83N13O18. The Morgan fingerprint density at radius 2 is 0.950 bits per heavy atom. The lowest BCUT2D eigenvalue weighted by molar-refractivity contribution is -0.146. The topological polar surface area (TPSA) is 518 Å². The molecule has 2 heterocycles. The van der Waals surface area contributed by atoms with E-state index in [4.69, 9.17) is 28.0 Å². The third-order valence-corrected chi connectivity index (χ3v) is 13.3. The molecular weight excluding hydrogens is 1060 g/mol. The number of aliphatic hydroxyl groups is 2. The van der Waals surface area contributed by atoms with E-state index >= 15 is 0 Å². The predicted octanol–water partition coefficient (Wildman–Crippen LogP) is -5.94. The number of nitrogens with two attached hydrogens (primary N) is 4. The summed E-state index contributed by atoms with van der Waals surface area (Å²) in [6, 6.07) is -14.7. The van der Waals surface area contributed by atoms with Crippen LogP contribution in [0.15, 0.2) is 0 Å². The normalized spacial score (nSPS) is 18.4. The minimum atomic E-state index is -1.83. The van der Waals surface area contributed by atoms with E-state index in [0.717, 1.165) is 11.8 Å². The second-order valence-corrected chi connectivity index (χ2v) is 20.3. The van der Waals surface area contributed by atoms with Crippen molar-refractivity contribution >= 4 is 77.0 Å². The molecule has 452 valence electrons. The second kappa shape index (κ2) is 34.8. The van der Waals surface area contributed by atoms with Gasteiger partial charge in [-0.05, 0) is 109 Å². The molecule has 2 saturated heterocycles. The van der Waals surface area contributed by atoms with Gasteiger partial charge in [-0.2, -0.15) is 0 Å². The second-order valence-electron chi connectivity index (χ2n) is 20.3. The van der Waals surface area contributed by atoms with Crippen LogP contribution in [-0.2, 0) is 62.3 Å². The van der Waals surface area contributed by atoms with Crippen molar-refractivity contribution < 1.29 is 87.9 Å². The Bertz CT molecular complexity index is 2190. The van der Waals surface area contributed by atoms with E-state index < -0.39 is 176 Å². The molecule has 0 saturated carbocycles. The van der Waals surface area contributed by atoms with Gasteiger partial charge in [-0.15, -0.1) is 0 Å². The summed E-state index contributed by atoms with van der Waals surface area (Å²) in [5, 5.41) is 64.8. The zero-order chi connectivity index (χ0) is 60.4. The number of aliphatic carboxylic acids is 3. The Morgan fingerprint density at radius 1 is 0.537 bits per heavy atom. The van der Waals surface area contributed by atoms with Gasteiger partial charge in [0.25, 0.3) is 0 Å². The first-order chi connectivity index (χ1) is 37.7. The third kappa shape index (κ3) is 22.9. The van der Waals surface area contributed by atoms with Gasteiger partial charge in [0.2, 0.25) is 59.1 Å². The number of primary amides is 1. The SMILES string of the molecule is CC(C)C[C@H](NC(=O)[C@@H]1CCCN1C(=O)[C@H](CC(N)=O)NC(=O)[C@H](CCCCN)NC(=O)[C@@H](N)CCC(=O)O)C(=O)N1CCC[C@H]1C(=O)N[C@@H](CO)C(=O)N[C@@H](CCCCN)C(=O)N[C@@H](CCC(=O)O)C(=O)N[C@H](C(=O)O)[C@@H](C)O. The number of aliphatic hydroxyl groups excluding tert-OH is 2. The summed E-state index contributed by atoms with van der Waals surface area (Å²) in [6.07, 6.45) is -2.12. The largest absolute Gasteiger partial charge is 0.481 e. The van der Waals surface area contributed by atoms with Crippen molar-refractivity contribution in [1.82, 2.24) is 47.0 Å². The first-order valence-electron chi connectivity index (χ1n) is 26.8. The van der Waals surface area contributed by atoms with Gasteiger partial charge in [0, 0.05) is 25.9 Å². The maximum Gasteiger partial charge on any atom is 0.328 e. The number of carboxylic acid groups (broad SMARTS) is 3. The van der Waals surface area contributed by atoms with Crippen LogP contribution in [0.3, 0.4) is 0 Å². The molecule has 0 bridgehead atoms. The van der Waals surface area contributed by atoms with Crippen molar-refractivity contribution in [2.75, 3.05) is 32.8 Å². The van der Waals surface area contributed by atoms with Crippen molar-refractivity contribution in [3.63, 3.8) is 0 Å². The van der Waals surface area contributed by atoms with Crippen molar-refractivity contribution in [2.45, 2.75) is 190 Å². The number of carbonyl (C=O) groups excluding carboxylic acids is 10. The molecule has 2 rings (SSSR count). The number of hydrogen-bond donors (Lipinski definition) is 16. The van der Waals surface area contributed by atoms with E-state index in [1.807, 2.05) is 5.32 Å². The Labute approximate surface area is 462 Å². The molecule has 0 aromatic carbocycles. The molecule has 31 heteroatoms. The fraction of sp³-hybridized carbons (Fsp3) is 0.735. The molecule has 2 fully saturated rings. The van der Waals surface area contributed by atoms with Crippen molar-refractivity contribution in [3.8, 4) is 0 Å². The van der Waals surface area contributed by atoms with Gasteiger partial charge in [-0.1, -0.05) is 13.8 Å². The van der Waals surface area contributed by atoms with E-state index in [1.165, 1.54) is 4.90 Å². The summed E-state index contributed by atoms with van der Waals surface area (Å²) in [4.78, 5) is 173. The molecule has 80 heavy (non-hydrogen) atoms. The van der Waals surface area contributed by atoms with E-state index in [9.17, 15) is 82.8 Å². The highest BCUT2D eigenvalue weighted by Gasteiger charge is 2.43. The summed E-state index contributed by atoms with van der Waals surface area (Å²) in [7, 11) is 0. The van der Waals surface area contributed by atoms with Gasteiger partial charge in [0.05, 0.1) is 25.2 Å². The Hall–Kier alpha value is -7.09. The predicted molar refractivity (Wildman–Crippen MR) is 280 cm³/mol. The monoisotopic (exact) mass is 1140 g/mol. The fourth-order valence-corrected chi connectivity index (χ4v) is 9.04. The van der Waals surface area contributed by atoms with Gasteiger partial charge in [-0.3, -0.25) is 57.5 Å². The molecule has 0 aromatic rings. The summed E-state index contributed by atoms with van der Waals surface area (Å²) >= 11 is 0. The number of nitrogens with one attached hydrogen (secondary N) is 7. The average molecular weight is 1140 g/mol. The van der Waals surface area contributed by atoms with E-state index in [2.05, 4.69) is 31.9 Å². The van der Waals surface area contributed by atoms with E-state index in [0.29, 0.717) is 25.7 Å². The van der Waals surface area contributed by atoms with Crippen LogP contribution in [0.1, 0.15) is 124 Å². The van der Waals surface area contributed by atoms with Crippen molar-refractivity contribution in [3.05, 3.63) is 0 Å². The Morgan fingerprint density at radius 3 is 1.38 bits per heavy atom. The van der Waals surface area contributed by atoms with Crippen LogP contribution in [0, 0.1) is 5.92 Å². The number of likely N-dealkylation sites (tertiary alicyclic amines) is 2. The molecule has 2 aliphatic rings. The summed E-state index contributed by atoms with van der Waals surface area (Å²) in [5.74, 6) is -13.7. The molecule has 2 aliphatic heterocycles. The van der Waals surface area contributed by atoms with Crippen molar-refractivity contribution in [2.24, 2.45) is 28.9 Å². The van der Waals surface area contributed by atoms with Gasteiger partial charge >= 0.3 is 17.9 Å². The lowest BCUT2D eigenvalue weighted by atomic mass is 10.0. The number of rotatable bonds is 37. The highest BCUT2D eigenvalue weighted by molar-refractivity contribution is 6.00. The van der Waals surface area contributed by atoms with Crippen LogP contribution in [0.4, 0.5) is 0 Å². The lowest BCUT2D eigenvalue weighted by Crippen LogP contribution is -2.61. The molecule has 11 atom stereocenters. The molecule has 0 radical (unpaired) electrons. The summed E-state index contributed by atoms with van der Waals surface area (Å²) in [5.41, 5.74) is 22.6. The molecule has 20 N–H and O–H groups in total. The van der Waals surface area contributed by atoms with Crippen LogP contribution in [0.25, 0.3) is 0 Å². The van der Waals surface area contributed by atoms with Crippen LogP contribution in [0.5, 0.6) is 0 Å². The highest BCUT2D eigenvalue weighted by Crippen LogP contribution is 2.24. The Kier molecular flexibility index (Phi) is 30.0. The minimum Gasteiger partial charge on any atom is -0.481 e. The maximum atomic E-state index is 14.4. The van der Waals surface area contributed by atoms with Crippen LogP contribution in [0.2, 0.25) is 0 Å². The van der Waals surface area contributed by atoms with Crippen LogP contribution >= 0.6 is 0 Å². The fourth-order valence-electron chi connectivity index (χ4n) is 9.04. The quantitative estimate of drug-likeness (QED) is 0.0258. The average Bonchev–Trinajstić information content (AvgIpc) is 4.09. The standard InChI is InChI=1S/C49H83N13O18/c1-25(2)22-31(58-45(75)34-12-8-21-62(34)48(78)32(23-36(53)65)57-42(72)28(10-4-6-18-50)54-40(70)27(52)14-16-37(66)67)47(77)61-20-9-13-35(61)46(76)59-33(24-63)44(74)55-29(11-5-7-19-51)41(71)56-30(15-17-38(68)69)43(73)60-39(26(3)64)49(79)80/h25-35,39,63-64H,4-24,50-52H2,1-3H3,(H2,53,65)(H,54,70)(H,55,74)(H,56,71)(H,57,72)(H,58,75)(H,59,76)(H,60,73)(H,66,67)(H,68,69)(H,79,80)/t26-,27+,28+,29+,30+,31+,32+,33+,34+,35+,39+/m1/s1. The van der Waals surface area contributed by atoms with Gasteiger partial charge < -0.3 is 95.5 Å². The molecule has 0 aliphatic carbocycles. The van der Waals surface area contributed by atoms with Crippen LogP contribution < -0.4 is 60.2 Å². The molecule has 31 nitrogen and oxygen atoms in total. The summed E-state index contributed by atoms with van der Waals surface area (Å²) in [6.45, 7) is 4.03. The van der Waals surface area contributed by atoms with Crippen molar-refractivity contribution in [1.29, 1.82) is 0 Å². The first-order valence-corrected chi connectivity index (χ1v) is 26.8. The first kappa shape index (κ1) is 69.0. The number of unbranched alkanes of at least 4 members (excludes halogenated alkanes) is 2. The van der Waals surface area contributed by atoms with E-state index in [-0.39, 0.29) is 83.5 Å². The lowest BCUT2D eigenvalue weighted by Gasteiger charge is -2.33.